The minimum atomic E-state index is 0.497. The van der Waals surface area contributed by atoms with Crippen molar-refractivity contribution in [1.29, 1.82) is 0 Å². The highest BCUT2D eigenvalue weighted by Crippen LogP contribution is 1.99. The van der Waals surface area contributed by atoms with Crippen molar-refractivity contribution in [3.05, 3.63) is 0 Å². The summed E-state index contributed by atoms with van der Waals surface area (Å²) in [5, 5.41) is 0. The highest BCUT2D eigenvalue weighted by atomic mass is 16.5. The van der Waals surface area contributed by atoms with E-state index in [-0.39, 0.29) is 0 Å². The van der Waals surface area contributed by atoms with Crippen molar-refractivity contribution in [3.8, 4) is 0 Å². The summed E-state index contributed by atoms with van der Waals surface area (Å²) in [7, 11) is 1.70. The van der Waals surface area contributed by atoms with Crippen LogP contribution in [0.5, 0.6) is 0 Å². The van der Waals surface area contributed by atoms with Gasteiger partial charge in [-0.05, 0) is 19.3 Å². The first-order chi connectivity index (χ1) is 5.41. The molecule has 0 unspecified atom stereocenters. The Hall–Kier alpha value is -0.570. The van der Waals surface area contributed by atoms with Gasteiger partial charge in [0.25, 0.3) is 0 Å². The van der Waals surface area contributed by atoms with Crippen LogP contribution in [-0.2, 0) is 14.3 Å². The average Bonchev–Trinajstić information content (AvgIpc) is 2.03. The molecule has 0 aliphatic heterocycles. The quantitative estimate of drug-likeness (QED) is 0.500. The lowest BCUT2D eigenvalue weighted by atomic mass is 10.2. The maximum Gasteiger partial charge on any atom is 0.417 e. The van der Waals surface area contributed by atoms with Crippen LogP contribution in [-0.4, -0.2) is 26.8 Å². The number of rotatable bonds is 8. The van der Waals surface area contributed by atoms with Crippen LogP contribution >= 0.6 is 0 Å². The van der Waals surface area contributed by atoms with Gasteiger partial charge >= 0.3 is 6.47 Å². The zero-order valence-electron chi connectivity index (χ0n) is 6.97. The van der Waals surface area contributed by atoms with Crippen molar-refractivity contribution < 1.29 is 14.3 Å². The Morgan fingerprint density at radius 3 is 2.27 bits per heavy atom. The van der Waals surface area contributed by atoms with Crippen LogP contribution in [0, 0.1) is 0 Å². The van der Waals surface area contributed by atoms with Gasteiger partial charge in [0.15, 0.2) is 0 Å². The van der Waals surface area contributed by atoms with E-state index in [4.69, 9.17) is 4.74 Å². The molecule has 0 aromatic rings. The van der Waals surface area contributed by atoms with Crippen molar-refractivity contribution in [2.24, 2.45) is 0 Å². The maximum atomic E-state index is 9.57. The van der Waals surface area contributed by atoms with Crippen LogP contribution in [0.3, 0.4) is 0 Å². The summed E-state index contributed by atoms with van der Waals surface area (Å²) in [5.41, 5.74) is 0. The lowest BCUT2D eigenvalue weighted by Gasteiger charge is -1.98. The molecule has 0 fully saturated rings. The van der Waals surface area contributed by atoms with Crippen LogP contribution in [0.4, 0.5) is 0 Å². The third-order valence-electron chi connectivity index (χ3n) is 1.40. The van der Waals surface area contributed by atoms with Gasteiger partial charge in [-0.1, -0.05) is 6.42 Å². The highest BCUT2D eigenvalue weighted by molar-refractivity contribution is 5.37. The predicted molar refractivity (Wildman–Crippen MR) is 42.0 cm³/mol. The van der Waals surface area contributed by atoms with Gasteiger partial charge in [0, 0.05) is 13.7 Å². The monoisotopic (exact) mass is 159 g/mol. The van der Waals surface area contributed by atoms with Crippen LogP contribution in [0.1, 0.15) is 25.7 Å². The molecular weight excluding hydrogens is 144 g/mol. The molecule has 0 aromatic heterocycles. The number of unbranched alkanes of at least 4 members (excludes halogenated alkanes) is 3. The van der Waals surface area contributed by atoms with Crippen molar-refractivity contribution in [1.82, 2.24) is 0 Å². The first-order valence-corrected chi connectivity index (χ1v) is 3.89. The highest BCUT2D eigenvalue weighted by Gasteiger charge is 1.89. The fourth-order valence-electron chi connectivity index (χ4n) is 0.816. The molecule has 0 saturated carbocycles. The molecule has 0 spiro atoms. The smallest absolute Gasteiger partial charge is 0.417 e. The fraction of sp³-hybridized carbons (Fsp3) is 0.875. The molecule has 0 rings (SSSR count). The van der Waals surface area contributed by atoms with E-state index in [0.717, 1.165) is 32.3 Å². The Kier molecular flexibility index (Phi) is 8.94. The predicted octanol–water partition coefficient (Wildman–Crippen LogP) is 1.28. The van der Waals surface area contributed by atoms with Gasteiger partial charge in [0.05, 0.1) is 6.61 Å². The first-order valence-electron chi connectivity index (χ1n) is 3.89. The SMILES string of the molecule is COCCCCCCO[C]=O. The topological polar surface area (TPSA) is 35.5 Å². The van der Waals surface area contributed by atoms with Gasteiger partial charge in [0.1, 0.15) is 0 Å². The molecule has 1 radical (unpaired) electrons. The Balaban J connectivity index is 2.74. The molecule has 0 N–H and O–H groups in total. The standard InChI is InChI=1S/C8H15O3/c1-10-6-4-2-3-5-7-11-8-9/h2-7H2,1H3. The molecule has 3 heteroatoms. The van der Waals surface area contributed by atoms with Crippen LogP contribution < -0.4 is 0 Å². The number of ether oxygens (including phenoxy) is 2. The minimum Gasteiger partial charge on any atom is -0.457 e. The summed E-state index contributed by atoms with van der Waals surface area (Å²) in [4.78, 5) is 9.57. The second-order valence-corrected chi connectivity index (χ2v) is 2.34. The number of hydrogen-bond acceptors (Lipinski definition) is 3. The van der Waals surface area contributed by atoms with Crippen LogP contribution in [0.25, 0.3) is 0 Å². The molecular formula is C8H15O3. The van der Waals surface area contributed by atoms with E-state index in [1.807, 2.05) is 0 Å². The van der Waals surface area contributed by atoms with Crippen LogP contribution in [0.2, 0.25) is 0 Å². The van der Waals surface area contributed by atoms with E-state index in [1.54, 1.807) is 7.11 Å². The van der Waals surface area contributed by atoms with Crippen molar-refractivity contribution in [2.45, 2.75) is 25.7 Å². The zero-order chi connectivity index (χ0) is 8.36. The van der Waals surface area contributed by atoms with E-state index in [1.165, 1.54) is 6.47 Å². The van der Waals surface area contributed by atoms with E-state index in [9.17, 15) is 4.79 Å². The summed E-state index contributed by atoms with van der Waals surface area (Å²) in [6.45, 7) is 2.71. The summed E-state index contributed by atoms with van der Waals surface area (Å²) in [6, 6.07) is 0. The fourth-order valence-corrected chi connectivity index (χ4v) is 0.816. The molecule has 0 atom stereocenters. The molecule has 65 valence electrons. The Morgan fingerprint density at radius 1 is 1.09 bits per heavy atom. The molecule has 0 heterocycles. The lowest BCUT2D eigenvalue weighted by Crippen LogP contribution is -1.93. The molecule has 0 aromatic carbocycles. The number of carbonyl (C=O) groups excluding carboxylic acids is 1. The molecule has 0 aliphatic rings. The van der Waals surface area contributed by atoms with E-state index < -0.39 is 0 Å². The van der Waals surface area contributed by atoms with Crippen molar-refractivity contribution in [2.75, 3.05) is 20.3 Å². The van der Waals surface area contributed by atoms with Crippen molar-refractivity contribution >= 4 is 6.47 Å². The molecule has 0 amide bonds. The normalized spacial score (nSPS) is 9.55. The van der Waals surface area contributed by atoms with Gasteiger partial charge in [-0.2, -0.15) is 0 Å². The average molecular weight is 159 g/mol. The molecule has 0 aliphatic carbocycles. The minimum absolute atomic E-state index is 0.497. The maximum absolute atomic E-state index is 9.57. The van der Waals surface area contributed by atoms with Gasteiger partial charge in [-0.3, -0.25) is 0 Å². The summed E-state index contributed by atoms with van der Waals surface area (Å²) >= 11 is 0. The Morgan fingerprint density at radius 2 is 1.73 bits per heavy atom. The zero-order valence-corrected chi connectivity index (χ0v) is 6.97. The van der Waals surface area contributed by atoms with Crippen molar-refractivity contribution in [3.63, 3.8) is 0 Å². The molecule has 11 heavy (non-hydrogen) atoms. The van der Waals surface area contributed by atoms with Gasteiger partial charge in [0.2, 0.25) is 0 Å². The number of methoxy groups -OCH3 is 1. The Bertz CT molecular complexity index is 83.4. The third-order valence-corrected chi connectivity index (χ3v) is 1.40. The number of hydrogen-bond donors (Lipinski definition) is 0. The van der Waals surface area contributed by atoms with E-state index in [2.05, 4.69) is 4.74 Å². The first kappa shape index (κ1) is 10.4. The molecule has 3 nitrogen and oxygen atoms in total. The third kappa shape index (κ3) is 9.43. The summed E-state index contributed by atoms with van der Waals surface area (Å²) < 4.78 is 9.28. The molecule has 0 bridgehead atoms. The summed E-state index contributed by atoms with van der Waals surface area (Å²) in [6.07, 6.45) is 4.24. The largest absolute Gasteiger partial charge is 0.457 e. The second-order valence-electron chi connectivity index (χ2n) is 2.34. The van der Waals surface area contributed by atoms with Gasteiger partial charge < -0.3 is 9.47 Å². The van der Waals surface area contributed by atoms with Gasteiger partial charge in [-0.25, -0.2) is 4.79 Å². The van der Waals surface area contributed by atoms with E-state index in [0.29, 0.717) is 6.61 Å². The Labute approximate surface area is 67.7 Å². The molecule has 0 saturated heterocycles. The van der Waals surface area contributed by atoms with Gasteiger partial charge in [-0.15, -0.1) is 0 Å². The second kappa shape index (κ2) is 9.43. The summed E-state index contributed by atoms with van der Waals surface area (Å²) in [5.74, 6) is 0. The van der Waals surface area contributed by atoms with Crippen LogP contribution in [0.15, 0.2) is 0 Å². The lowest BCUT2D eigenvalue weighted by molar-refractivity contribution is 0.190. The van der Waals surface area contributed by atoms with E-state index >= 15 is 0 Å².